The molecule has 26 heavy (non-hydrogen) atoms. The number of esters is 1. The van der Waals surface area contributed by atoms with Gasteiger partial charge in [0.05, 0.1) is 20.4 Å². The van der Waals surface area contributed by atoms with Crippen LogP contribution in [-0.4, -0.2) is 21.7 Å². The summed E-state index contributed by atoms with van der Waals surface area (Å²) in [6.45, 7) is 0. The van der Waals surface area contributed by atoms with Gasteiger partial charge in [0, 0.05) is 24.3 Å². The van der Waals surface area contributed by atoms with E-state index in [0.717, 1.165) is 6.07 Å². The summed E-state index contributed by atoms with van der Waals surface area (Å²) in [4.78, 5) is 36.5. The Balaban J connectivity index is 2.00. The van der Waals surface area contributed by atoms with Gasteiger partial charge in [0.1, 0.15) is 0 Å². The average molecular weight is 374 g/mol. The van der Waals surface area contributed by atoms with Crippen LogP contribution in [0.1, 0.15) is 11.1 Å². The number of carbonyl (C=O) groups excluding carboxylic acids is 1. The number of hydrogen-bond acceptors (Lipinski definition) is 7. The molecule has 130 valence electrons. The van der Waals surface area contributed by atoms with Crippen molar-refractivity contribution in [3.05, 3.63) is 84.5 Å². The molecular weight excluding hydrogens is 366 g/mol. The molecule has 0 radical (unpaired) electrons. The minimum atomic E-state index is -0.797. The molecule has 0 saturated carbocycles. The Morgan fingerprint density at radius 3 is 2.42 bits per heavy atom. The van der Waals surface area contributed by atoms with E-state index in [-0.39, 0.29) is 33.6 Å². The summed E-state index contributed by atoms with van der Waals surface area (Å²) in [6.07, 6.45) is 1.31. The molecule has 0 spiro atoms. The standard InChI is InChI=1S/C16H8ClN3O6/c17-13-5-4-11(20(24)25)8-12(13)15-18-14(16(21)26-15)7-9-2-1-3-10(6-9)19(22)23/h1-8H/b14-7-. The van der Waals surface area contributed by atoms with E-state index in [1.54, 1.807) is 6.07 Å². The van der Waals surface area contributed by atoms with E-state index in [2.05, 4.69) is 4.99 Å². The first-order chi connectivity index (χ1) is 12.3. The number of aliphatic imine (C=N–C) groups is 1. The third kappa shape index (κ3) is 3.42. The van der Waals surface area contributed by atoms with Gasteiger partial charge in [-0.2, -0.15) is 0 Å². The first-order valence-corrected chi connectivity index (χ1v) is 7.44. The van der Waals surface area contributed by atoms with Crippen molar-refractivity contribution < 1.29 is 19.4 Å². The summed E-state index contributed by atoms with van der Waals surface area (Å²) in [5.74, 6) is -0.977. The Bertz CT molecular complexity index is 1010. The number of benzene rings is 2. The minimum Gasteiger partial charge on any atom is -0.402 e. The van der Waals surface area contributed by atoms with Crippen LogP contribution >= 0.6 is 11.6 Å². The molecule has 0 aromatic heterocycles. The molecule has 0 saturated heterocycles. The quantitative estimate of drug-likeness (QED) is 0.349. The van der Waals surface area contributed by atoms with Gasteiger partial charge in [-0.15, -0.1) is 0 Å². The van der Waals surface area contributed by atoms with Gasteiger partial charge >= 0.3 is 5.97 Å². The molecule has 0 N–H and O–H groups in total. The van der Waals surface area contributed by atoms with E-state index in [1.807, 2.05) is 0 Å². The van der Waals surface area contributed by atoms with E-state index in [0.29, 0.717) is 5.56 Å². The maximum atomic E-state index is 12.0. The minimum absolute atomic E-state index is 0.0941. The van der Waals surface area contributed by atoms with Crippen LogP contribution < -0.4 is 0 Å². The number of nitrogens with zero attached hydrogens (tertiary/aromatic N) is 3. The molecule has 0 unspecified atom stereocenters. The van der Waals surface area contributed by atoms with Crippen molar-refractivity contribution >= 4 is 40.9 Å². The highest BCUT2D eigenvalue weighted by Crippen LogP contribution is 2.27. The third-order valence-electron chi connectivity index (χ3n) is 3.40. The zero-order valence-electron chi connectivity index (χ0n) is 12.8. The zero-order valence-corrected chi connectivity index (χ0v) is 13.5. The lowest BCUT2D eigenvalue weighted by Gasteiger charge is -2.02. The zero-order chi connectivity index (χ0) is 18.8. The molecule has 3 rings (SSSR count). The average Bonchev–Trinajstić information content (AvgIpc) is 2.95. The first-order valence-electron chi connectivity index (χ1n) is 7.06. The van der Waals surface area contributed by atoms with Gasteiger partial charge in [-0.25, -0.2) is 9.79 Å². The van der Waals surface area contributed by atoms with E-state index >= 15 is 0 Å². The highest BCUT2D eigenvalue weighted by Gasteiger charge is 2.27. The number of ether oxygens (including phenoxy) is 1. The van der Waals surface area contributed by atoms with Crippen molar-refractivity contribution in [3.8, 4) is 0 Å². The Hall–Kier alpha value is -3.59. The number of hydrogen-bond donors (Lipinski definition) is 0. The van der Waals surface area contributed by atoms with Gasteiger partial charge in [-0.05, 0) is 17.7 Å². The predicted molar refractivity (Wildman–Crippen MR) is 91.8 cm³/mol. The summed E-state index contributed by atoms with van der Waals surface area (Å²) in [7, 11) is 0. The molecule has 10 heteroatoms. The van der Waals surface area contributed by atoms with E-state index in [9.17, 15) is 25.0 Å². The second-order valence-corrected chi connectivity index (χ2v) is 5.52. The van der Waals surface area contributed by atoms with Crippen LogP contribution in [0.4, 0.5) is 11.4 Å². The van der Waals surface area contributed by atoms with Gasteiger partial charge < -0.3 is 4.74 Å². The Morgan fingerprint density at radius 1 is 1.04 bits per heavy atom. The van der Waals surface area contributed by atoms with Crippen LogP contribution in [0.2, 0.25) is 5.02 Å². The van der Waals surface area contributed by atoms with E-state index in [4.69, 9.17) is 16.3 Å². The fourth-order valence-corrected chi connectivity index (χ4v) is 2.40. The number of nitro benzene ring substituents is 2. The van der Waals surface area contributed by atoms with Crippen LogP contribution in [0.5, 0.6) is 0 Å². The van der Waals surface area contributed by atoms with Gasteiger partial charge in [0.2, 0.25) is 5.90 Å². The van der Waals surface area contributed by atoms with Gasteiger partial charge in [-0.3, -0.25) is 20.2 Å². The van der Waals surface area contributed by atoms with E-state index < -0.39 is 15.8 Å². The molecule has 0 bridgehead atoms. The topological polar surface area (TPSA) is 125 Å². The van der Waals surface area contributed by atoms with Crippen LogP contribution in [0, 0.1) is 20.2 Å². The summed E-state index contributed by atoms with van der Waals surface area (Å²) >= 11 is 6.00. The van der Waals surface area contributed by atoms with Crippen LogP contribution in [0.3, 0.4) is 0 Å². The second kappa shape index (κ2) is 6.73. The second-order valence-electron chi connectivity index (χ2n) is 5.11. The SMILES string of the molecule is O=C1OC(c2cc([N+](=O)[O-])ccc2Cl)=N/C1=C\c1cccc([N+](=O)[O-])c1. The molecule has 2 aromatic carbocycles. The highest BCUT2D eigenvalue weighted by atomic mass is 35.5. The molecule has 1 aliphatic rings. The largest absolute Gasteiger partial charge is 0.402 e. The lowest BCUT2D eigenvalue weighted by atomic mass is 10.1. The molecule has 0 amide bonds. The van der Waals surface area contributed by atoms with Crippen LogP contribution in [0.25, 0.3) is 6.08 Å². The molecule has 0 atom stereocenters. The number of carbonyl (C=O) groups is 1. The van der Waals surface area contributed by atoms with Crippen molar-refractivity contribution in [2.75, 3.05) is 0 Å². The Kier molecular flexibility index (Phi) is 4.46. The van der Waals surface area contributed by atoms with E-state index in [1.165, 1.54) is 36.4 Å². The monoisotopic (exact) mass is 373 g/mol. The molecule has 0 aliphatic carbocycles. The molecular formula is C16H8ClN3O6. The van der Waals surface area contributed by atoms with Crippen molar-refractivity contribution in [1.29, 1.82) is 0 Å². The van der Waals surface area contributed by atoms with Crippen molar-refractivity contribution in [3.63, 3.8) is 0 Å². The molecule has 1 heterocycles. The van der Waals surface area contributed by atoms with Crippen molar-refractivity contribution in [2.24, 2.45) is 4.99 Å². The maximum absolute atomic E-state index is 12.0. The van der Waals surface area contributed by atoms with Crippen molar-refractivity contribution in [1.82, 2.24) is 0 Å². The summed E-state index contributed by atoms with van der Waals surface area (Å²) < 4.78 is 5.03. The predicted octanol–water partition coefficient (Wildman–Crippen LogP) is 3.50. The third-order valence-corrected chi connectivity index (χ3v) is 3.73. The van der Waals surface area contributed by atoms with Gasteiger partial charge in [0.25, 0.3) is 11.4 Å². The smallest absolute Gasteiger partial charge is 0.363 e. The normalized spacial score (nSPS) is 14.9. The number of halogens is 1. The number of cyclic esters (lactones) is 1. The number of nitro groups is 2. The maximum Gasteiger partial charge on any atom is 0.363 e. The number of non-ortho nitro benzene ring substituents is 2. The summed E-state index contributed by atoms with van der Waals surface area (Å²) in [5, 5.41) is 21.8. The lowest BCUT2D eigenvalue weighted by Crippen LogP contribution is -2.06. The summed E-state index contributed by atoms with van der Waals surface area (Å²) in [5.41, 5.74) is -0.0167. The molecule has 1 aliphatic heterocycles. The molecule has 0 fully saturated rings. The Morgan fingerprint density at radius 2 is 1.73 bits per heavy atom. The van der Waals surface area contributed by atoms with Gasteiger partial charge in [-0.1, -0.05) is 23.7 Å². The van der Waals surface area contributed by atoms with Gasteiger partial charge in [0.15, 0.2) is 5.70 Å². The molecule has 9 nitrogen and oxygen atoms in total. The highest BCUT2D eigenvalue weighted by molar-refractivity contribution is 6.34. The lowest BCUT2D eigenvalue weighted by molar-refractivity contribution is -0.385. The first kappa shape index (κ1) is 17.2. The fraction of sp³-hybridized carbons (Fsp3) is 0. The van der Waals surface area contributed by atoms with Crippen molar-refractivity contribution in [2.45, 2.75) is 0 Å². The Labute approximate surface area is 150 Å². The van der Waals surface area contributed by atoms with Crippen LogP contribution in [0.15, 0.2) is 53.2 Å². The number of rotatable bonds is 4. The molecule has 2 aromatic rings. The van der Waals surface area contributed by atoms with Crippen LogP contribution in [-0.2, 0) is 9.53 Å². The fourth-order valence-electron chi connectivity index (χ4n) is 2.20. The summed E-state index contributed by atoms with van der Waals surface area (Å²) in [6, 6.07) is 9.26.